The van der Waals surface area contributed by atoms with Crippen LogP contribution in [0.2, 0.25) is 0 Å². The van der Waals surface area contributed by atoms with Crippen LogP contribution in [-0.4, -0.2) is 38.2 Å². The Hall–Kier alpha value is -2.90. The van der Waals surface area contributed by atoms with Crippen molar-refractivity contribution in [1.82, 2.24) is 0 Å². The summed E-state index contributed by atoms with van der Waals surface area (Å²) >= 11 is 0. The molecule has 146 valence electrons. The van der Waals surface area contributed by atoms with Crippen LogP contribution in [0.1, 0.15) is 18.9 Å². The van der Waals surface area contributed by atoms with Crippen LogP contribution >= 0.6 is 0 Å². The second-order valence-corrected chi connectivity index (χ2v) is 6.58. The zero-order valence-electron chi connectivity index (χ0n) is 15.6. The Morgan fingerprint density at radius 3 is 2.57 bits per heavy atom. The zero-order valence-corrected chi connectivity index (χ0v) is 15.6. The highest BCUT2D eigenvalue weighted by molar-refractivity contribution is 6.10. The molecule has 2 aromatic rings. The maximum atomic E-state index is 13.1. The minimum absolute atomic E-state index is 0.127. The minimum atomic E-state index is -1.44. The van der Waals surface area contributed by atoms with Crippen molar-refractivity contribution in [3.63, 3.8) is 0 Å². The Balaban J connectivity index is 1.51. The average Bonchev–Trinajstić information content (AvgIpc) is 2.93. The molecule has 2 heterocycles. The first-order valence-electron chi connectivity index (χ1n) is 9.36. The molecule has 1 spiro atoms. The van der Waals surface area contributed by atoms with Crippen molar-refractivity contribution in [1.29, 1.82) is 0 Å². The molecule has 1 fully saturated rings. The smallest absolute Gasteiger partial charge is 0.293 e. The molecule has 0 radical (unpaired) electrons. The van der Waals surface area contributed by atoms with Crippen LogP contribution in [0.5, 0.6) is 5.75 Å². The summed E-state index contributed by atoms with van der Waals surface area (Å²) in [6.45, 7) is 3.23. The molecule has 0 aliphatic carbocycles. The van der Waals surface area contributed by atoms with E-state index < -0.39 is 5.79 Å². The molecular formula is C21H22N2O5. The number of hydrogen-bond acceptors (Lipinski definition) is 5. The van der Waals surface area contributed by atoms with Gasteiger partial charge in [0.05, 0.1) is 25.5 Å². The molecule has 7 nitrogen and oxygen atoms in total. The van der Waals surface area contributed by atoms with Gasteiger partial charge in [0, 0.05) is 11.3 Å². The second kappa shape index (κ2) is 7.61. The van der Waals surface area contributed by atoms with Gasteiger partial charge >= 0.3 is 0 Å². The van der Waals surface area contributed by atoms with Gasteiger partial charge in [-0.25, -0.2) is 0 Å². The van der Waals surface area contributed by atoms with Crippen molar-refractivity contribution in [3.05, 3.63) is 54.1 Å². The van der Waals surface area contributed by atoms with Gasteiger partial charge in [-0.2, -0.15) is 0 Å². The largest absolute Gasteiger partial charge is 0.494 e. The van der Waals surface area contributed by atoms with Gasteiger partial charge in [-0.1, -0.05) is 18.2 Å². The number of para-hydroxylation sites is 1. The van der Waals surface area contributed by atoms with Crippen molar-refractivity contribution < 1.29 is 23.8 Å². The predicted molar refractivity (Wildman–Crippen MR) is 103 cm³/mol. The molecule has 2 aliphatic heterocycles. The number of ether oxygens (including phenoxy) is 3. The minimum Gasteiger partial charge on any atom is -0.494 e. The van der Waals surface area contributed by atoms with E-state index in [-0.39, 0.29) is 18.4 Å². The van der Waals surface area contributed by atoms with Crippen molar-refractivity contribution >= 4 is 23.2 Å². The van der Waals surface area contributed by atoms with E-state index in [2.05, 4.69) is 5.32 Å². The lowest BCUT2D eigenvalue weighted by Gasteiger charge is -2.32. The lowest BCUT2D eigenvalue weighted by Crippen LogP contribution is -2.48. The highest BCUT2D eigenvalue weighted by Gasteiger charge is 2.55. The summed E-state index contributed by atoms with van der Waals surface area (Å²) in [4.78, 5) is 27.1. The Kier molecular flexibility index (Phi) is 5.02. The molecule has 2 amide bonds. The number of hydrogen-bond donors (Lipinski definition) is 1. The van der Waals surface area contributed by atoms with E-state index >= 15 is 0 Å². The van der Waals surface area contributed by atoms with Gasteiger partial charge in [-0.3, -0.25) is 14.5 Å². The number of amides is 2. The van der Waals surface area contributed by atoms with E-state index in [0.717, 1.165) is 12.2 Å². The van der Waals surface area contributed by atoms with E-state index in [9.17, 15) is 9.59 Å². The number of fused-ring (bicyclic) bond motifs is 2. The summed E-state index contributed by atoms with van der Waals surface area (Å²) in [6, 6.07) is 14.4. The molecule has 0 atom stereocenters. The summed E-state index contributed by atoms with van der Waals surface area (Å²) < 4.78 is 16.9. The van der Waals surface area contributed by atoms with Gasteiger partial charge in [-0.15, -0.1) is 0 Å². The monoisotopic (exact) mass is 382 g/mol. The highest BCUT2D eigenvalue weighted by atomic mass is 16.7. The lowest BCUT2D eigenvalue weighted by atomic mass is 10.1. The van der Waals surface area contributed by atoms with Crippen molar-refractivity contribution in [2.75, 3.05) is 36.6 Å². The van der Waals surface area contributed by atoms with Crippen LogP contribution in [-0.2, 0) is 24.8 Å². The molecule has 1 saturated heterocycles. The van der Waals surface area contributed by atoms with Crippen LogP contribution in [0.3, 0.4) is 0 Å². The third kappa shape index (κ3) is 3.23. The van der Waals surface area contributed by atoms with E-state index in [1.165, 1.54) is 4.90 Å². The summed E-state index contributed by atoms with van der Waals surface area (Å²) in [5.41, 5.74) is 1.91. The predicted octanol–water partition coefficient (Wildman–Crippen LogP) is 2.66. The number of nitrogens with zero attached hydrogens (tertiary/aromatic N) is 1. The van der Waals surface area contributed by atoms with Crippen molar-refractivity contribution in [3.8, 4) is 5.75 Å². The van der Waals surface area contributed by atoms with Gasteiger partial charge in [0.15, 0.2) is 0 Å². The van der Waals surface area contributed by atoms with Gasteiger partial charge in [-0.05, 0) is 43.7 Å². The Morgan fingerprint density at radius 1 is 1.14 bits per heavy atom. The Bertz CT molecular complexity index is 875. The molecule has 0 saturated carbocycles. The molecule has 7 heteroatoms. The van der Waals surface area contributed by atoms with Crippen LogP contribution in [0.15, 0.2) is 48.5 Å². The van der Waals surface area contributed by atoms with Crippen molar-refractivity contribution in [2.45, 2.75) is 19.1 Å². The van der Waals surface area contributed by atoms with E-state index in [0.29, 0.717) is 36.8 Å². The zero-order chi connectivity index (χ0) is 19.6. The summed E-state index contributed by atoms with van der Waals surface area (Å²) in [7, 11) is 0. The molecule has 0 unspecified atom stereocenters. The third-order valence-corrected chi connectivity index (χ3v) is 4.73. The lowest BCUT2D eigenvalue weighted by molar-refractivity contribution is -0.256. The topological polar surface area (TPSA) is 77.1 Å². The SMILES string of the molecule is CCOc1ccc(NC(=O)CN2C(=O)C3(OCCCO3)c3ccccc32)cc1. The van der Waals surface area contributed by atoms with Crippen LogP contribution in [0, 0.1) is 0 Å². The molecule has 0 aromatic heterocycles. The summed E-state index contributed by atoms with van der Waals surface area (Å²) in [5.74, 6) is -1.37. The number of rotatable bonds is 5. The average molecular weight is 382 g/mol. The fourth-order valence-corrected chi connectivity index (χ4v) is 3.50. The molecule has 0 bridgehead atoms. The number of carbonyl (C=O) groups excluding carboxylic acids is 2. The van der Waals surface area contributed by atoms with Crippen LogP contribution < -0.4 is 15.0 Å². The van der Waals surface area contributed by atoms with Gasteiger partial charge in [0.25, 0.3) is 11.7 Å². The molecule has 1 N–H and O–H groups in total. The fourth-order valence-electron chi connectivity index (χ4n) is 3.50. The third-order valence-electron chi connectivity index (χ3n) is 4.73. The summed E-state index contributed by atoms with van der Waals surface area (Å²) in [5, 5.41) is 2.81. The number of benzene rings is 2. The molecule has 2 aromatic carbocycles. The quantitative estimate of drug-likeness (QED) is 0.860. The molecule has 4 rings (SSSR count). The first-order chi connectivity index (χ1) is 13.6. The number of anilines is 2. The Labute approximate surface area is 163 Å². The summed E-state index contributed by atoms with van der Waals surface area (Å²) in [6.07, 6.45) is 0.732. The van der Waals surface area contributed by atoms with Crippen LogP contribution in [0.4, 0.5) is 11.4 Å². The van der Waals surface area contributed by atoms with E-state index in [4.69, 9.17) is 14.2 Å². The first kappa shape index (κ1) is 18.5. The van der Waals surface area contributed by atoms with Gasteiger partial charge in [0.2, 0.25) is 5.91 Å². The molecular weight excluding hydrogens is 360 g/mol. The second-order valence-electron chi connectivity index (χ2n) is 6.58. The molecule has 28 heavy (non-hydrogen) atoms. The maximum absolute atomic E-state index is 13.1. The highest BCUT2D eigenvalue weighted by Crippen LogP contribution is 2.44. The normalized spacial score (nSPS) is 17.5. The van der Waals surface area contributed by atoms with Crippen molar-refractivity contribution in [2.24, 2.45) is 0 Å². The first-order valence-corrected chi connectivity index (χ1v) is 9.36. The Morgan fingerprint density at radius 2 is 1.86 bits per heavy atom. The van der Waals surface area contributed by atoms with E-state index in [1.54, 1.807) is 30.3 Å². The fraction of sp³-hybridized carbons (Fsp3) is 0.333. The van der Waals surface area contributed by atoms with E-state index in [1.807, 2.05) is 25.1 Å². The number of nitrogens with one attached hydrogen (secondary N) is 1. The van der Waals surface area contributed by atoms with Gasteiger partial charge < -0.3 is 19.5 Å². The van der Waals surface area contributed by atoms with Crippen LogP contribution in [0.25, 0.3) is 0 Å². The number of carbonyl (C=O) groups is 2. The van der Waals surface area contributed by atoms with Gasteiger partial charge in [0.1, 0.15) is 12.3 Å². The maximum Gasteiger partial charge on any atom is 0.293 e. The molecule has 2 aliphatic rings. The standard InChI is InChI=1S/C21H22N2O5/c1-2-26-16-10-8-15(9-11-16)22-19(24)14-23-18-7-4-3-6-17(18)21(20(23)25)27-12-5-13-28-21/h3-4,6-11H,2,5,12-14H2,1H3,(H,22,24).